The van der Waals surface area contributed by atoms with E-state index in [1.54, 1.807) is 18.2 Å². The number of aliphatic hydroxyl groups is 1. The van der Waals surface area contributed by atoms with E-state index < -0.39 is 30.4 Å². The third-order valence-corrected chi connectivity index (χ3v) is 2.64. The fourth-order valence-corrected chi connectivity index (χ4v) is 1.48. The maximum atomic E-state index is 11.7. The van der Waals surface area contributed by atoms with E-state index in [2.05, 4.69) is 10.6 Å². The molecule has 20 heavy (non-hydrogen) atoms. The molecular formula is C12H13ClN2O5. The van der Waals surface area contributed by atoms with Crippen LogP contribution in [0.4, 0.5) is 0 Å². The number of carboxylic acids is 1. The number of carbonyl (C=O) groups excluding carboxylic acids is 2. The predicted octanol–water partition coefficient (Wildman–Crippen LogP) is -0.369. The highest BCUT2D eigenvalue weighted by molar-refractivity contribution is 6.33. The van der Waals surface area contributed by atoms with Crippen molar-refractivity contribution in [3.63, 3.8) is 0 Å². The lowest BCUT2D eigenvalue weighted by atomic mass is 10.2. The number of aliphatic hydroxyl groups excluding tert-OH is 1. The average molecular weight is 301 g/mol. The monoisotopic (exact) mass is 300 g/mol. The lowest BCUT2D eigenvalue weighted by Crippen LogP contribution is -2.42. The molecule has 0 unspecified atom stereocenters. The van der Waals surface area contributed by atoms with Crippen molar-refractivity contribution >= 4 is 29.4 Å². The van der Waals surface area contributed by atoms with Gasteiger partial charge >= 0.3 is 5.97 Å². The number of hydrogen-bond acceptors (Lipinski definition) is 4. The lowest BCUT2D eigenvalue weighted by Gasteiger charge is -2.09. The SMILES string of the molecule is O=C(CNC(=O)c1ccccc1Cl)NC[C@H](O)C(=O)O. The summed E-state index contributed by atoms with van der Waals surface area (Å²) in [5.41, 5.74) is 0.229. The van der Waals surface area contributed by atoms with Crippen LogP contribution >= 0.6 is 11.6 Å². The zero-order valence-electron chi connectivity index (χ0n) is 10.3. The normalized spacial score (nSPS) is 11.5. The van der Waals surface area contributed by atoms with Crippen molar-refractivity contribution in [3.8, 4) is 0 Å². The Kier molecular flexibility index (Phi) is 5.95. The van der Waals surface area contributed by atoms with E-state index in [0.29, 0.717) is 0 Å². The van der Waals surface area contributed by atoms with Crippen LogP contribution in [0.1, 0.15) is 10.4 Å². The van der Waals surface area contributed by atoms with E-state index in [4.69, 9.17) is 21.8 Å². The molecule has 1 rings (SSSR count). The Morgan fingerprint density at radius 1 is 1.20 bits per heavy atom. The Morgan fingerprint density at radius 2 is 1.85 bits per heavy atom. The fourth-order valence-electron chi connectivity index (χ4n) is 1.26. The molecule has 8 heteroatoms. The van der Waals surface area contributed by atoms with Gasteiger partial charge in [0.15, 0.2) is 6.10 Å². The minimum Gasteiger partial charge on any atom is -0.479 e. The van der Waals surface area contributed by atoms with E-state index >= 15 is 0 Å². The van der Waals surface area contributed by atoms with Crippen molar-refractivity contribution < 1.29 is 24.6 Å². The topological polar surface area (TPSA) is 116 Å². The summed E-state index contributed by atoms with van der Waals surface area (Å²) in [5.74, 6) is -2.58. The van der Waals surface area contributed by atoms with Gasteiger partial charge in [-0.25, -0.2) is 4.79 Å². The van der Waals surface area contributed by atoms with Crippen LogP contribution in [-0.2, 0) is 9.59 Å². The van der Waals surface area contributed by atoms with E-state index in [0.717, 1.165) is 0 Å². The van der Waals surface area contributed by atoms with Gasteiger partial charge in [0.25, 0.3) is 5.91 Å². The molecule has 108 valence electrons. The molecule has 7 nitrogen and oxygen atoms in total. The Morgan fingerprint density at radius 3 is 2.45 bits per heavy atom. The van der Waals surface area contributed by atoms with Gasteiger partial charge in [-0.3, -0.25) is 9.59 Å². The van der Waals surface area contributed by atoms with E-state index in [9.17, 15) is 14.4 Å². The highest BCUT2D eigenvalue weighted by atomic mass is 35.5. The zero-order chi connectivity index (χ0) is 15.1. The van der Waals surface area contributed by atoms with Crippen molar-refractivity contribution in [1.82, 2.24) is 10.6 Å². The molecule has 0 saturated heterocycles. The van der Waals surface area contributed by atoms with Crippen LogP contribution in [0.15, 0.2) is 24.3 Å². The molecule has 0 heterocycles. The zero-order valence-corrected chi connectivity index (χ0v) is 11.1. The molecule has 0 aliphatic rings. The van der Waals surface area contributed by atoms with Crippen molar-refractivity contribution in [2.75, 3.05) is 13.1 Å². The number of nitrogens with one attached hydrogen (secondary N) is 2. The van der Waals surface area contributed by atoms with E-state index in [-0.39, 0.29) is 17.1 Å². The number of amides is 2. The summed E-state index contributed by atoms with van der Waals surface area (Å²) in [6.07, 6.45) is -1.68. The van der Waals surface area contributed by atoms with Gasteiger partial charge in [0.05, 0.1) is 23.7 Å². The summed E-state index contributed by atoms with van der Waals surface area (Å²) >= 11 is 5.81. The second-order valence-corrected chi connectivity index (χ2v) is 4.23. The van der Waals surface area contributed by atoms with Crippen molar-refractivity contribution in [2.24, 2.45) is 0 Å². The number of carboxylic acid groups (broad SMARTS) is 1. The molecule has 0 saturated carbocycles. The first-order valence-corrected chi connectivity index (χ1v) is 6.00. The van der Waals surface area contributed by atoms with Crippen LogP contribution in [0, 0.1) is 0 Å². The Balaban J connectivity index is 2.40. The Hall–Kier alpha value is -2.12. The summed E-state index contributed by atoms with van der Waals surface area (Å²) in [6, 6.07) is 6.34. The molecule has 1 aromatic carbocycles. The second-order valence-electron chi connectivity index (χ2n) is 3.82. The summed E-state index contributed by atoms with van der Waals surface area (Å²) in [5, 5.41) is 22.1. The first-order chi connectivity index (χ1) is 9.41. The van der Waals surface area contributed by atoms with Gasteiger partial charge in [-0.1, -0.05) is 23.7 Å². The molecule has 4 N–H and O–H groups in total. The first kappa shape index (κ1) is 15.9. The molecule has 2 amide bonds. The third-order valence-electron chi connectivity index (χ3n) is 2.31. The first-order valence-electron chi connectivity index (χ1n) is 5.62. The molecule has 0 aromatic heterocycles. The van der Waals surface area contributed by atoms with Gasteiger partial charge in [-0.05, 0) is 12.1 Å². The number of hydrogen-bond donors (Lipinski definition) is 4. The van der Waals surface area contributed by atoms with Gasteiger partial charge in [0, 0.05) is 0 Å². The lowest BCUT2D eigenvalue weighted by molar-refractivity contribution is -0.146. The van der Waals surface area contributed by atoms with Crippen LogP contribution in [0.3, 0.4) is 0 Å². The summed E-state index contributed by atoms with van der Waals surface area (Å²) in [4.78, 5) is 33.3. The number of carbonyl (C=O) groups is 3. The Labute approximate surface area is 119 Å². The smallest absolute Gasteiger partial charge is 0.334 e. The summed E-state index contributed by atoms with van der Waals surface area (Å²) < 4.78 is 0. The maximum absolute atomic E-state index is 11.7. The van der Waals surface area contributed by atoms with Crippen LogP contribution in [0.25, 0.3) is 0 Å². The molecule has 1 aromatic rings. The summed E-state index contributed by atoms with van der Waals surface area (Å²) in [6.45, 7) is -0.785. The number of benzene rings is 1. The average Bonchev–Trinajstić information content (AvgIpc) is 2.42. The molecule has 1 atom stereocenters. The highest BCUT2D eigenvalue weighted by Gasteiger charge is 2.15. The molecule has 0 aliphatic heterocycles. The minimum absolute atomic E-state index is 0.229. The third kappa shape index (κ3) is 4.87. The fraction of sp³-hybridized carbons (Fsp3) is 0.250. The highest BCUT2D eigenvalue weighted by Crippen LogP contribution is 2.14. The molecule has 0 spiro atoms. The number of aliphatic carboxylic acids is 1. The van der Waals surface area contributed by atoms with Gasteiger partial charge in [-0.2, -0.15) is 0 Å². The molecular weight excluding hydrogens is 288 g/mol. The van der Waals surface area contributed by atoms with Crippen molar-refractivity contribution in [1.29, 1.82) is 0 Å². The Bertz CT molecular complexity index is 520. The number of rotatable bonds is 6. The largest absolute Gasteiger partial charge is 0.479 e. The van der Waals surface area contributed by atoms with Crippen LogP contribution in [0.5, 0.6) is 0 Å². The number of halogens is 1. The van der Waals surface area contributed by atoms with Crippen molar-refractivity contribution in [2.45, 2.75) is 6.10 Å². The molecule has 0 fully saturated rings. The van der Waals surface area contributed by atoms with E-state index in [1.807, 2.05) is 0 Å². The maximum Gasteiger partial charge on any atom is 0.334 e. The molecule has 0 bridgehead atoms. The predicted molar refractivity (Wildman–Crippen MR) is 70.4 cm³/mol. The van der Waals surface area contributed by atoms with Crippen LogP contribution in [-0.4, -0.2) is 47.2 Å². The van der Waals surface area contributed by atoms with Crippen LogP contribution < -0.4 is 10.6 Å². The molecule has 0 radical (unpaired) electrons. The standard InChI is InChI=1S/C12H13ClN2O5/c13-8-4-2-1-3-7(8)11(18)15-6-10(17)14-5-9(16)12(19)20/h1-4,9,16H,5-6H2,(H,14,17)(H,15,18)(H,19,20)/t9-/m0/s1. The minimum atomic E-state index is -1.68. The van der Waals surface area contributed by atoms with Gasteiger partial charge in [-0.15, -0.1) is 0 Å². The quantitative estimate of drug-likeness (QED) is 0.572. The van der Waals surface area contributed by atoms with Crippen LogP contribution in [0.2, 0.25) is 5.02 Å². The van der Waals surface area contributed by atoms with E-state index in [1.165, 1.54) is 6.07 Å². The van der Waals surface area contributed by atoms with Gasteiger partial charge < -0.3 is 20.8 Å². The van der Waals surface area contributed by atoms with Crippen molar-refractivity contribution in [3.05, 3.63) is 34.9 Å². The second kappa shape index (κ2) is 7.46. The van der Waals surface area contributed by atoms with Gasteiger partial charge in [0.1, 0.15) is 0 Å². The summed E-state index contributed by atoms with van der Waals surface area (Å²) in [7, 11) is 0. The van der Waals surface area contributed by atoms with Gasteiger partial charge in [0.2, 0.25) is 5.91 Å². The molecule has 0 aliphatic carbocycles.